The molecule has 7 nitrogen and oxygen atoms in total. The van der Waals surface area contributed by atoms with Crippen molar-refractivity contribution in [3.8, 4) is 17.2 Å². The minimum Gasteiger partial charge on any atom is -0.504 e. The Kier molecular flexibility index (Phi) is 5.46. The summed E-state index contributed by atoms with van der Waals surface area (Å²) in [5, 5.41) is 10.5. The second-order valence-corrected chi connectivity index (χ2v) is 4.68. The molecule has 1 aromatic heterocycles. The molecule has 0 saturated carbocycles. The quantitative estimate of drug-likeness (QED) is 0.474. The first-order valence-corrected chi connectivity index (χ1v) is 7.22. The molecule has 23 heavy (non-hydrogen) atoms. The molecule has 1 N–H and O–H groups in total. The Bertz CT molecular complexity index is 748. The Morgan fingerprint density at radius 3 is 2.74 bits per heavy atom. The van der Waals surface area contributed by atoms with Crippen LogP contribution in [0.5, 0.6) is 17.2 Å². The molecule has 7 heteroatoms. The first-order chi connectivity index (χ1) is 11.0. The van der Waals surface area contributed by atoms with Crippen molar-refractivity contribution in [2.24, 2.45) is 0 Å². The molecule has 2 rings (SSSR count). The third-order valence-electron chi connectivity index (χ3n) is 2.97. The largest absolute Gasteiger partial charge is 0.504 e. The van der Waals surface area contributed by atoms with E-state index in [0.717, 1.165) is 0 Å². The number of para-hydroxylation sites is 1. The molecule has 0 fully saturated rings. The van der Waals surface area contributed by atoms with Gasteiger partial charge in [-0.05, 0) is 19.1 Å². The smallest absolute Gasteiger partial charge is 0.383 e. The van der Waals surface area contributed by atoms with Gasteiger partial charge in [0.1, 0.15) is 0 Å². The highest BCUT2D eigenvalue weighted by molar-refractivity contribution is 5.89. The second-order valence-electron chi connectivity index (χ2n) is 4.68. The minimum absolute atomic E-state index is 0.144. The molecule has 0 radical (unpaired) electrons. The molecule has 0 bridgehead atoms. The highest BCUT2D eigenvalue weighted by Crippen LogP contribution is 2.35. The van der Waals surface area contributed by atoms with Crippen LogP contribution in [0.15, 0.2) is 27.4 Å². The number of hydrogen-bond acceptors (Lipinski definition) is 7. The number of hydrogen-bond donors (Lipinski definition) is 1. The van der Waals surface area contributed by atoms with E-state index in [1.165, 1.54) is 6.92 Å². The van der Waals surface area contributed by atoms with Gasteiger partial charge >= 0.3 is 11.6 Å². The van der Waals surface area contributed by atoms with Gasteiger partial charge in [0.15, 0.2) is 17.1 Å². The predicted molar refractivity (Wildman–Crippen MR) is 82.1 cm³/mol. The van der Waals surface area contributed by atoms with Crippen molar-refractivity contribution >= 4 is 16.9 Å². The van der Waals surface area contributed by atoms with E-state index in [1.54, 1.807) is 25.1 Å². The Labute approximate surface area is 132 Å². The molecule has 0 unspecified atom stereocenters. The summed E-state index contributed by atoms with van der Waals surface area (Å²) in [6.45, 7) is 3.77. The van der Waals surface area contributed by atoms with Gasteiger partial charge in [-0.2, -0.15) is 0 Å². The summed E-state index contributed by atoms with van der Waals surface area (Å²) in [5.41, 5.74) is -0.626. The minimum atomic E-state index is -0.771. The zero-order valence-electron chi connectivity index (χ0n) is 13.0. The van der Waals surface area contributed by atoms with Crippen LogP contribution < -0.4 is 15.1 Å². The lowest BCUT2D eigenvalue weighted by molar-refractivity contribution is -0.141. The third kappa shape index (κ3) is 3.94. The predicted octanol–water partition coefficient (Wildman–Crippen LogP) is 2.23. The van der Waals surface area contributed by atoms with Crippen LogP contribution in [0.25, 0.3) is 11.0 Å². The van der Waals surface area contributed by atoms with Crippen molar-refractivity contribution in [2.45, 2.75) is 20.3 Å². The summed E-state index contributed by atoms with van der Waals surface area (Å²) in [5.74, 6) is -0.522. The number of fused-ring (bicyclic) bond motifs is 1. The maximum absolute atomic E-state index is 11.9. The van der Waals surface area contributed by atoms with Crippen LogP contribution in [0.4, 0.5) is 0 Å². The van der Waals surface area contributed by atoms with Gasteiger partial charge in [-0.1, -0.05) is 6.07 Å². The second kappa shape index (κ2) is 7.53. The van der Waals surface area contributed by atoms with E-state index in [2.05, 4.69) is 0 Å². The molecule has 124 valence electrons. The average molecular weight is 322 g/mol. The van der Waals surface area contributed by atoms with E-state index in [4.69, 9.17) is 18.6 Å². The van der Waals surface area contributed by atoms with E-state index in [1.807, 2.05) is 0 Å². The van der Waals surface area contributed by atoms with E-state index < -0.39 is 5.63 Å². The van der Waals surface area contributed by atoms with E-state index in [-0.39, 0.29) is 42.9 Å². The molecular weight excluding hydrogens is 304 g/mol. The Balaban J connectivity index is 2.21. The number of carbonyl (C=O) groups is 1. The fourth-order valence-electron chi connectivity index (χ4n) is 2.01. The summed E-state index contributed by atoms with van der Waals surface area (Å²) in [7, 11) is 0. The average Bonchev–Trinajstić information content (AvgIpc) is 2.51. The van der Waals surface area contributed by atoms with Crippen LogP contribution in [0.2, 0.25) is 0 Å². The fourth-order valence-corrected chi connectivity index (χ4v) is 2.01. The summed E-state index contributed by atoms with van der Waals surface area (Å²) in [6, 6.07) is 4.89. The first kappa shape index (κ1) is 16.7. The Hall–Kier alpha value is -2.70. The standard InChI is InChI=1S/C16H18O7/c1-3-20-15-13(18)11-6-4-7-12(14(11)23-16(15)19)22-9-5-8-21-10(2)17/h4,6-7,18H,3,5,8-9H2,1-2H3. The number of benzene rings is 1. The van der Waals surface area contributed by atoms with Crippen molar-refractivity contribution in [3.05, 3.63) is 28.6 Å². The molecule has 1 heterocycles. The molecule has 0 atom stereocenters. The van der Waals surface area contributed by atoms with Crippen molar-refractivity contribution < 1.29 is 28.5 Å². The lowest BCUT2D eigenvalue weighted by Gasteiger charge is -2.10. The maximum atomic E-state index is 11.9. The summed E-state index contributed by atoms with van der Waals surface area (Å²) in [4.78, 5) is 22.5. The SMILES string of the molecule is CCOc1c(O)c2cccc(OCCCOC(C)=O)c2oc1=O. The fraction of sp³-hybridized carbons (Fsp3) is 0.375. The lowest BCUT2D eigenvalue weighted by Crippen LogP contribution is -2.08. The molecule has 0 amide bonds. The number of aromatic hydroxyl groups is 1. The third-order valence-corrected chi connectivity index (χ3v) is 2.97. The monoisotopic (exact) mass is 322 g/mol. The van der Waals surface area contributed by atoms with Gasteiger partial charge < -0.3 is 23.7 Å². The Morgan fingerprint density at radius 1 is 1.26 bits per heavy atom. The summed E-state index contributed by atoms with van der Waals surface area (Å²) in [6.07, 6.45) is 0.489. The van der Waals surface area contributed by atoms with Crippen LogP contribution in [0.3, 0.4) is 0 Å². The number of ether oxygens (including phenoxy) is 3. The highest BCUT2D eigenvalue weighted by atomic mass is 16.5. The zero-order chi connectivity index (χ0) is 16.8. The molecule has 0 saturated heterocycles. The number of carbonyl (C=O) groups excluding carboxylic acids is 1. The van der Waals surface area contributed by atoms with Gasteiger partial charge in [0, 0.05) is 13.3 Å². The maximum Gasteiger partial charge on any atom is 0.383 e. The van der Waals surface area contributed by atoms with Crippen molar-refractivity contribution in [3.63, 3.8) is 0 Å². The first-order valence-electron chi connectivity index (χ1n) is 7.22. The zero-order valence-corrected chi connectivity index (χ0v) is 13.0. The topological polar surface area (TPSA) is 95.2 Å². The van der Waals surface area contributed by atoms with Crippen LogP contribution in [0, 0.1) is 0 Å². The van der Waals surface area contributed by atoms with Crippen LogP contribution in [-0.4, -0.2) is 30.9 Å². The van der Waals surface area contributed by atoms with Gasteiger partial charge in [0.05, 0.1) is 25.2 Å². The van der Waals surface area contributed by atoms with Crippen LogP contribution in [-0.2, 0) is 9.53 Å². The van der Waals surface area contributed by atoms with Gasteiger partial charge in [-0.25, -0.2) is 4.79 Å². The van der Waals surface area contributed by atoms with Gasteiger partial charge in [0.2, 0.25) is 5.75 Å². The summed E-state index contributed by atoms with van der Waals surface area (Å²) >= 11 is 0. The van der Waals surface area contributed by atoms with Crippen molar-refractivity contribution in [1.82, 2.24) is 0 Å². The molecular formula is C16H18O7. The summed E-state index contributed by atoms with van der Waals surface area (Å²) < 4.78 is 20.6. The van der Waals surface area contributed by atoms with Gasteiger partial charge in [-0.3, -0.25) is 4.79 Å². The number of esters is 1. The molecule has 0 aliphatic heterocycles. The van der Waals surface area contributed by atoms with Crippen molar-refractivity contribution in [1.29, 1.82) is 0 Å². The van der Waals surface area contributed by atoms with Crippen molar-refractivity contribution in [2.75, 3.05) is 19.8 Å². The van der Waals surface area contributed by atoms with Gasteiger partial charge in [-0.15, -0.1) is 0 Å². The van der Waals surface area contributed by atoms with E-state index in [9.17, 15) is 14.7 Å². The van der Waals surface area contributed by atoms with E-state index in [0.29, 0.717) is 17.6 Å². The molecule has 0 aliphatic rings. The van der Waals surface area contributed by atoms with E-state index >= 15 is 0 Å². The lowest BCUT2D eigenvalue weighted by atomic mass is 10.2. The van der Waals surface area contributed by atoms with Crippen LogP contribution >= 0.6 is 0 Å². The highest BCUT2D eigenvalue weighted by Gasteiger charge is 2.17. The Morgan fingerprint density at radius 2 is 2.04 bits per heavy atom. The van der Waals surface area contributed by atoms with Gasteiger partial charge in [0.25, 0.3) is 0 Å². The number of rotatable bonds is 7. The molecule has 2 aromatic rings. The molecule has 0 aliphatic carbocycles. The van der Waals surface area contributed by atoms with Crippen LogP contribution in [0.1, 0.15) is 20.3 Å². The molecule has 0 spiro atoms. The normalized spacial score (nSPS) is 10.5. The molecule has 1 aromatic carbocycles.